The highest BCUT2D eigenvalue weighted by Gasteiger charge is 2.17. The van der Waals surface area contributed by atoms with E-state index in [2.05, 4.69) is 20.0 Å². The van der Waals surface area contributed by atoms with Gasteiger partial charge in [0.1, 0.15) is 4.90 Å². The Morgan fingerprint density at radius 2 is 2.35 bits per heavy atom. The van der Waals surface area contributed by atoms with Crippen molar-refractivity contribution in [1.29, 1.82) is 0 Å². The smallest absolute Gasteiger partial charge is 0.244 e. The third-order valence-electron chi connectivity index (χ3n) is 2.27. The van der Waals surface area contributed by atoms with E-state index in [1.807, 2.05) is 0 Å². The van der Waals surface area contributed by atoms with Gasteiger partial charge in [0.2, 0.25) is 10.0 Å². The number of H-pyrrole nitrogens is 1. The van der Waals surface area contributed by atoms with Crippen LogP contribution in [0.5, 0.6) is 0 Å². The van der Waals surface area contributed by atoms with Crippen molar-refractivity contribution < 1.29 is 8.42 Å². The van der Waals surface area contributed by atoms with Crippen molar-refractivity contribution in [3.05, 3.63) is 30.4 Å². The summed E-state index contributed by atoms with van der Waals surface area (Å²) in [5.41, 5.74) is 0.525. The lowest BCUT2D eigenvalue weighted by Crippen LogP contribution is -2.27. The topological polar surface area (TPSA) is 92.7 Å². The number of aryl methyl sites for hydroxylation is 1. The van der Waals surface area contributed by atoms with Crippen molar-refractivity contribution in [1.82, 2.24) is 24.7 Å². The fourth-order valence-corrected chi connectivity index (χ4v) is 2.57. The van der Waals surface area contributed by atoms with E-state index in [9.17, 15) is 8.42 Å². The monoisotopic (exact) mass is 255 g/mol. The predicted octanol–water partition coefficient (Wildman–Crippen LogP) is -0.107. The minimum absolute atomic E-state index is 0.179. The lowest BCUT2D eigenvalue weighted by molar-refractivity contribution is 0.560. The fraction of sp³-hybridized carbons (Fsp3) is 0.333. The maximum absolute atomic E-state index is 11.8. The fourth-order valence-electron chi connectivity index (χ4n) is 1.42. The van der Waals surface area contributed by atoms with Gasteiger partial charge in [-0.1, -0.05) is 0 Å². The number of sulfonamides is 1. The van der Waals surface area contributed by atoms with Gasteiger partial charge < -0.3 is 0 Å². The molecule has 2 rings (SSSR count). The normalized spacial score (nSPS) is 11.8. The van der Waals surface area contributed by atoms with E-state index >= 15 is 0 Å². The van der Waals surface area contributed by atoms with E-state index in [-0.39, 0.29) is 11.4 Å². The second-order valence-electron chi connectivity index (χ2n) is 3.53. The summed E-state index contributed by atoms with van der Waals surface area (Å²) in [6, 6.07) is 1.79. The number of hydrogen-bond donors (Lipinski definition) is 2. The molecule has 0 spiro atoms. The Morgan fingerprint density at radius 3 is 2.94 bits per heavy atom. The number of aromatic amines is 1. The van der Waals surface area contributed by atoms with Crippen molar-refractivity contribution in [2.45, 2.75) is 18.4 Å². The van der Waals surface area contributed by atoms with Gasteiger partial charge in [0.25, 0.3) is 0 Å². The molecule has 0 saturated heterocycles. The average Bonchev–Trinajstić information content (AvgIpc) is 2.88. The van der Waals surface area contributed by atoms with Gasteiger partial charge in [0.15, 0.2) is 0 Å². The Bertz CT molecular complexity index is 572. The van der Waals surface area contributed by atoms with Crippen LogP contribution >= 0.6 is 0 Å². The number of rotatable bonds is 5. The summed E-state index contributed by atoms with van der Waals surface area (Å²) in [6.07, 6.45) is 4.72. The van der Waals surface area contributed by atoms with Crippen molar-refractivity contribution in [3.63, 3.8) is 0 Å². The van der Waals surface area contributed by atoms with Gasteiger partial charge in [0, 0.05) is 18.9 Å². The summed E-state index contributed by atoms with van der Waals surface area (Å²) in [4.78, 5) is 0.179. The van der Waals surface area contributed by atoms with Gasteiger partial charge in [-0.25, -0.2) is 13.1 Å². The van der Waals surface area contributed by atoms with Crippen LogP contribution in [0.1, 0.15) is 5.69 Å². The molecule has 0 amide bonds. The summed E-state index contributed by atoms with van der Waals surface area (Å²) in [6.45, 7) is 2.44. The molecule has 92 valence electrons. The highest BCUT2D eigenvalue weighted by Crippen LogP contribution is 2.10. The molecule has 7 nitrogen and oxygen atoms in total. The molecule has 0 radical (unpaired) electrons. The Morgan fingerprint density at radius 1 is 1.53 bits per heavy atom. The number of nitrogens with one attached hydrogen (secondary N) is 2. The molecule has 0 aromatic carbocycles. The second-order valence-corrected chi connectivity index (χ2v) is 5.26. The summed E-state index contributed by atoms with van der Waals surface area (Å²) in [5, 5.41) is 10.3. The van der Waals surface area contributed by atoms with Crippen LogP contribution in [0.2, 0.25) is 0 Å². The van der Waals surface area contributed by atoms with Crippen LogP contribution in [0.4, 0.5) is 0 Å². The molecule has 0 aliphatic carbocycles. The maximum atomic E-state index is 11.8. The second kappa shape index (κ2) is 4.68. The average molecular weight is 255 g/mol. The molecule has 0 atom stereocenters. The largest absolute Gasteiger partial charge is 0.281 e. The molecule has 17 heavy (non-hydrogen) atoms. The molecular formula is C9H13N5O2S. The molecule has 2 heterocycles. The summed E-state index contributed by atoms with van der Waals surface area (Å²) < 4.78 is 27.8. The van der Waals surface area contributed by atoms with Crippen LogP contribution in [-0.4, -0.2) is 34.9 Å². The van der Waals surface area contributed by atoms with Crippen LogP contribution in [0.25, 0.3) is 0 Å². The molecule has 0 aliphatic heterocycles. The van der Waals surface area contributed by atoms with Crippen LogP contribution < -0.4 is 4.72 Å². The predicted molar refractivity (Wildman–Crippen MR) is 60.7 cm³/mol. The molecule has 0 bridgehead atoms. The Balaban J connectivity index is 1.97. The first-order valence-corrected chi connectivity index (χ1v) is 6.55. The first kappa shape index (κ1) is 11.8. The number of nitrogens with zero attached hydrogens (tertiary/aromatic N) is 3. The highest BCUT2D eigenvalue weighted by molar-refractivity contribution is 7.89. The Kier molecular flexibility index (Phi) is 3.25. The van der Waals surface area contributed by atoms with Crippen molar-refractivity contribution in [2.24, 2.45) is 0 Å². The van der Waals surface area contributed by atoms with E-state index in [0.717, 1.165) is 0 Å². The van der Waals surface area contributed by atoms with Crippen LogP contribution in [0, 0.1) is 6.92 Å². The van der Waals surface area contributed by atoms with Gasteiger partial charge in [-0.2, -0.15) is 10.2 Å². The molecule has 0 fully saturated rings. The summed E-state index contributed by atoms with van der Waals surface area (Å²) in [5.74, 6) is 0. The molecule has 2 aromatic rings. The highest BCUT2D eigenvalue weighted by atomic mass is 32.2. The van der Waals surface area contributed by atoms with Crippen LogP contribution in [0.3, 0.4) is 0 Å². The lowest BCUT2D eigenvalue weighted by atomic mass is 10.5. The van der Waals surface area contributed by atoms with E-state index < -0.39 is 10.0 Å². The van der Waals surface area contributed by atoms with Gasteiger partial charge in [-0.3, -0.25) is 9.78 Å². The van der Waals surface area contributed by atoms with Crippen molar-refractivity contribution >= 4 is 10.0 Å². The van der Waals surface area contributed by atoms with Crippen LogP contribution in [0.15, 0.2) is 29.6 Å². The van der Waals surface area contributed by atoms with Gasteiger partial charge in [0.05, 0.1) is 18.4 Å². The molecule has 8 heteroatoms. The molecular weight excluding hydrogens is 242 g/mol. The maximum Gasteiger partial charge on any atom is 0.244 e. The molecule has 2 N–H and O–H groups in total. The standard InChI is InChI=1S/C9H13N5O2S/c1-8-9(7-10-13-8)17(15,16)12-4-6-14-5-2-3-11-14/h2-3,5,7,12H,4,6H2,1H3,(H,10,13). The molecule has 2 aromatic heterocycles. The molecule has 0 aliphatic rings. The first-order chi connectivity index (χ1) is 8.09. The third-order valence-corrected chi connectivity index (χ3v) is 3.84. The summed E-state index contributed by atoms with van der Waals surface area (Å²) >= 11 is 0. The van der Waals surface area contributed by atoms with E-state index in [0.29, 0.717) is 12.2 Å². The lowest BCUT2D eigenvalue weighted by Gasteiger charge is -2.05. The van der Waals surface area contributed by atoms with E-state index in [1.165, 1.54) is 6.20 Å². The quantitative estimate of drug-likeness (QED) is 0.780. The molecule has 0 unspecified atom stereocenters. The van der Waals surface area contributed by atoms with Crippen molar-refractivity contribution in [3.8, 4) is 0 Å². The Labute approximate surface area is 98.9 Å². The third kappa shape index (κ3) is 2.71. The SMILES string of the molecule is Cc1[nH]ncc1S(=O)(=O)NCCn1cccn1. The minimum atomic E-state index is -3.49. The minimum Gasteiger partial charge on any atom is -0.281 e. The zero-order chi connectivity index (χ0) is 12.3. The number of aromatic nitrogens is 4. The van der Waals surface area contributed by atoms with E-state index in [4.69, 9.17) is 0 Å². The zero-order valence-corrected chi connectivity index (χ0v) is 10.1. The Hall–Kier alpha value is -1.67. The van der Waals surface area contributed by atoms with E-state index in [1.54, 1.807) is 30.1 Å². The van der Waals surface area contributed by atoms with Crippen molar-refractivity contribution in [2.75, 3.05) is 6.54 Å². The van der Waals surface area contributed by atoms with Gasteiger partial charge in [-0.15, -0.1) is 0 Å². The number of hydrogen-bond acceptors (Lipinski definition) is 4. The first-order valence-electron chi connectivity index (χ1n) is 5.06. The van der Waals surface area contributed by atoms with Crippen LogP contribution in [-0.2, 0) is 16.6 Å². The van der Waals surface area contributed by atoms with Gasteiger partial charge in [-0.05, 0) is 13.0 Å². The summed E-state index contributed by atoms with van der Waals surface area (Å²) in [7, 11) is -3.49. The zero-order valence-electron chi connectivity index (χ0n) is 9.29. The molecule has 0 saturated carbocycles. The van der Waals surface area contributed by atoms with Gasteiger partial charge >= 0.3 is 0 Å².